The summed E-state index contributed by atoms with van der Waals surface area (Å²) >= 11 is 3.36. The van der Waals surface area contributed by atoms with Crippen molar-refractivity contribution >= 4 is 21.6 Å². The number of halogens is 1. The van der Waals surface area contributed by atoms with Crippen LogP contribution < -0.4 is 0 Å². The van der Waals surface area contributed by atoms with Gasteiger partial charge in [-0.25, -0.2) is 4.98 Å². The Hall–Kier alpha value is -1.35. The van der Waals surface area contributed by atoms with Gasteiger partial charge in [0.15, 0.2) is 0 Å². The molecule has 2 nitrogen and oxygen atoms in total. The van der Waals surface area contributed by atoms with Crippen LogP contribution in [0.15, 0.2) is 54.0 Å². The lowest BCUT2D eigenvalue weighted by Gasteiger charge is -2.06. The second kappa shape index (κ2) is 4.24. The lowest BCUT2D eigenvalue weighted by Crippen LogP contribution is -1.94. The summed E-state index contributed by atoms with van der Waals surface area (Å²) in [7, 11) is 0. The number of hydrogen-bond acceptors (Lipinski definition) is 1. The van der Waals surface area contributed by atoms with Crippen molar-refractivity contribution in [3.8, 4) is 0 Å². The Morgan fingerprint density at radius 3 is 2.64 bits per heavy atom. The van der Waals surface area contributed by atoms with Crippen molar-refractivity contribution < 1.29 is 0 Å². The highest BCUT2D eigenvalue weighted by Crippen LogP contribution is 2.17. The van der Waals surface area contributed by atoms with E-state index in [0.29, 0.717) is 0 Å². The first kappa shape index (κ1) is 9.21. The molecule has 0 aliphatic carbocycles. The summed E-state index contributed by atoms with van der Waals surface area (Å²) in [5.41, 5.74) is 2.23. The normalized spacial score (nSPS) is 11.6. The molecular weight excluding hydrogens is 240 g/mol. The van der Waals surface area contributed by atoms with Crippen molar-refractivity contribution in [3.05, 3.63) is 59.6 Å². The summed E-state index contributed by atoms with van der Waals surface area (Å²) in [5.74, 6) is 0. The molecule has 0 bridgehead atoms. The van der Waals surface area contributed by atoms with E-state index in [-0.39, 0.29) is 0 Å². The fourth-order valence-electron chi connectivity index (χ4n) is 1.28. The lowest BCUT2D eigenvalue weighted by molar-refractivity contribution is 1.09. The van der Waals surface area contributed by atoms with Crippen molar-refractivity contribution in [2.45, 2.75) is 0 Å². The van der Waals surface area contributed by atoms with Crippen molar-refractivity contribution in [1.82, 2.24) is 9.55 Å². The van der Waals surface area contributed by atoms with Crippen LogP contribution >= 0.6 is 15.9 Å². The van der Waals surface area contributed by atoms with Crippen LogP contribution in [0.5, 0.6) is 0 Å². The van der Waals surface area contributed by atoms with Crippen LogP contribution in [0.1, 0.15) is 5.56 Å². The SMILES string of the molecule is Br/C=C(/c1ccccc1)n1ccnc1. The van der Waals surface area contributed by atoms with Crippen LogP contribution in [-0.4, -0.2) is 9.55 Å². The number of nitrogens with zero attached hydrogens (tertiary/aromatic N) is 2. The fourth-order valence-corrected chi connectivity index (χ4v) is 1.78. The molecule has 0 aliphatic heterocycles. The van der Waals surface area contributed by atoms with E-state index in [1.807, 2.05) is 33.9 Å². The van der Waals surface area contributed by atoms with Gasteiger partial charge in [0.1, 0.15) is 0 Å². The molecule has 2 aromatic rings. The van der Waals surface area contributed by atoms with Gasteiger partial charge in [-0.1, -0.05) is 46.3 Å². The lowest BCUT2D eigenvalue weighted by atomic mass is 10.2. The largest absolute Gasteiger partial charge is 0.305 e. The maximum Gasteiger partial charge on any atom is 0.0992 e. The van der Waals surface area contributed by atoms with Crippen molar-refractivity contribution in [2.24, 2.45) is 0 Å². The van der Waals surface area contributed by atoms with Crippen LogP contribution in [0.2, 0.25) is 0 Å². The Labute approximate surface area is 91.0 Å². The zero-order chi connectivity index (χ0) is 9.80. The van der Waals surface area contributed by atoms with Gasteiger partial charge in [-0.2, -0.15) is 0 Å². The van der Waals surface area contributed by atoms with Gasteiger partial charge in [0.05, 0.1) is 12.0 Å². The summed E-state index contributed by atoms with van der Waals surface area (Å²) in [4.78, 5) is 5.91. The zero-order valence-electron chi connectivity index (χ0n) is 7.47. The molecule has 0 fully saturated rings. The third-order valence-electron chi connectivity index (χ3n) is 1.96. The Balaban J connectivity index is 2.43. The molecule has 0 radical (unpaired) electrons. The number of aromatic nitrogens is 2. The number of imidazole rings is 1. The summed E-state index contributed by atoms with van der Waals surface area (Å²) in [6, 6.07) is 10.2. The number of hydrogen-bond donors (Lipinski definition) is 0. The van der Waals surface area contributed by atoms with Crippen LogP contribution in [0.3, 0.4) is 0 Å². The Morgan fingerprint density at radius 1 is 1.29 bits per heavy atom. The van der Waals surface area contributed by atoms with Crippen molar-refractivity contribution in [3.63, 3.8) is 0 Å². The standard InChI is InChI=1S/C11H9BrN2/c12-8-11(14-7-6-13-9-14)10-4-2-1-3-5-10/h1-9H/b11-8-. The second-order valence-electron chi connectivity index (χ2n) is 2.83. The number of rotatable bonds is 2. The Morgan fingerprint density at radius 2 is 2.07 bits per heavy atom. The monoisotopic (exact) mass is 248 g/mol. The molecule has 0 saturated heterocycles. The average molecular weight is 249 g/mol. The van der Waals surface area contributed by atoms with Crippen molar-refractivity contribution in [2.75, 3.05) is 0 Å². The third-order valence-corrected chi connectivity index (χ3v) is 2.39. The minimum Gasteiger partial charge on any atom is -0.305 e. The molecule has 0 spiro atoms. The first-order valence-electron chi connectivity index (χ1n) is 4.26. The first-order valence-corrected chi connectivity index (χ1v) is 5.17. The molecule has 0 aliphatic rings. The van der Waals surface area contributed by atoms with Gasteiger partial charge in [0, 0.05) is 17.4 Å². The van der Waals surface area contributed by atoms with Gasteiger partial charge < -0.3 is 4.57 Å². The highest BCUT2D eigenvalue weighted by molar-refractivity contribution is 9.11. The van der Waals surface area contributed by atoms with Gasteiger partial charge in [-0.05, 0) is 5.56 Å². The van der Waals surface area contributed by atoms with Crippen LogP contribution in [0, 0.1) is 0 Å². The van der Waals surface area contributed by atoms with E-state index in [1.54, 1.807) is 12.5 Å². The molecule has 2 rings (SSSR count). The van der Waals surface area contributed by atoms with Gasteiger partial charge in [-0.15, -0.1) is 0 Å². The maximum absolute atomic E-state index is 4.02. The van der Waals surface area contributed by atoms with E-state index in [1.165, 1.54) is 0 Å². The third kappa shape index (κ3) is 1.77. The smallest absolute Gasteiger partial charge is 0.0992 e. The Kier molecular flexibility index (Phi) is 2.79. The van der Waals surface area contributed by atoms with Gasteiger partial charge in [0.2, 0.25) is 0 Å². The van der Waals surface area contributed by atoms with Crippen molar-refractivity contribution in [1.29, 1.82) is 0 Å². The van der Waals surface area contributed by atoms with E-state index in [2.05, 4.69) is 33.0 Å². The van der Waals surface area contributed by atoms with E-state index in [9.17, 15) is 0 Å². The molecule has 3 heteroatoms. The summed E-state index contributed by atoms with van der Waals surface area (Å²) in [5, 5.41) is 0. The number of benzene rings is 1. The second-order valence-corrected chi connectivity index (χ2v) is 3.29. The van der Waals surface area contributed by atoms with E-state index >= 15 is 0 Å². The molecule has 0 unspecified atom stereocenters. The first-order chi connectivity index (χ1) is 6.92. The van der Waals surface area contributed by atoms with E-state index in [4.69, 9.17) is 0 Å². The average Bonchev–Trinajstić information content (AvgIpc) is 2.74. The maximum atomic E-state index is 4.02. The Bertz CT molecular complexity index is 418. The van der Waals surface area contributed by atoms with Crippen LogP contribution in [-0.2, 0) is 0 Å². The van der Waals surface area contributed by atoms with Crippen LogP contribution in [0.25, 0.3) is 5.70 Å². The van der Waals surface area contributed by atoms with Gasteiger partial charge in [0.25, 0.3) is 0 Å². The summed E-state index contributed by atoms with van der Waals surface area (Å²) in [6.45, 7) is 0. The molecule has 0 N–H and O–H groups in total. The van der Waals surface area contributed by atoms with Gasteiger partial charge in [-0.3, -0.25) is 0 Å². The molecule has 0 amide bonds. The highest BCUT2D eigenvalue weighted by Gasteiger charge is 2.00. The quantitative estimate of drug-likeness (QED) is 0.799. The molecular formula is C11H9BrN2. The molecule has 0 atom stereocenters. The summed E-state index contributed by atoms with van der Waals surface area (Å²) in [6.07, 6.45) is 5.46. The van der Waals surface area contributed by atoms with Crippen LogP contribution in [0.4, 0.5) is 0 Å². The van der Waals surface area contributed by atoms with E-state index in [0.717, 1.165) is 11.3 Å². The predicted octanol–water partition coefficient (Wildman–Crippen LogP) is 3.12. The topological polar surface area (TPSA) is 17.8 Å². The molecule has 70 valence electrons. The minimum atomic E-state index is 1.07. The summed E-state index contributed by atoms with van der Waals surface area (Å²) < 4.78 is 1.96. The fraction of sp³-hybridized carbons (Fsp3) is 0. The molecule has 1 heterocycles. The predicted molar refractivity (Wildman–Crippen MR) is 61.0 cm³/mol. The minimum absolute atomic E-state index is 1.07. The highest BCUT2D eigenvalue weighted by atomic mass is 79.9. The molecule has 1 aromatic carbocycles. The molecule has 1 aromatic heterocycles. The zero-order valence-corrected chi connectivity index (χ0v) is 9.05. The molecule has 14 heavy (non-hydrogen) atoms. The van der Waals surface area contributed by atoms with E-state index < -0.39 is 0 Å². The molecule has 0 saturated carbocycles. The van der Waals surface area contributed by atoms with Gasteiger partial charge >= 0.3 is 0 Å².